The maximum absolute atomic E-state index is 11.1. The summed E-state index contributed by atoms with van der Waals surface area (Å²) in [5.74, 6) is -0.771. The molecule has 0 radical (unpaired) electrons. The van der Waals surface area contributed by atoms with Crippen molar-refractivity contribution < 1.29 is 18.0 Å². The van der Waals surface area contributed by atoms with E-state index in [-0.39, 0.29) is 11.5 Å². The third-order valence-corrected chi connectivity index (χ3v) is 3.86. The molecule has 2 N–H and O–H groups in total. The van der Waals surface area contributed by atoms with Gasteiger partial charge in [0, 0.05) is 0 Å². The molecule has 6 nitrogen and oxygen atoms in total. The van der Waals surface area contributed by atoms with E-state index in [0.29, 0.717) is 0 Å². The van der Waals surface area contributed by atoms with Gasteiger partial charge in [0.2, 0.25) is 5.91 Å². The van der Waals surface area contributed by atoms with Crippen LogP contribution in [-0.2, 0) is 14.6 Å². The zero-order chi connectivity index (χ0) is 11.6. The highest BCUT2D eigenvalue weighted by molar-refractivity contribution is 7.92. The Morgan fingerprint density at radius 3 is 2.33 bits per heavy atom. The van der Waals surface area contributed by atoms with Crippen LogP contribution in [0.25, 0.3) is 0 Å². The van der Waals surface area contributed by atoms with Crippen molar-refractivity contribution in [1.82, 2.24) is 10.6 Å². The van der Waals surface area contributed by atoms with Crippen LogP contribution in [0, 0.1) is 0 Å². The van der Waals surface area contributed by atoms with Crippen LogP contribution in [0.3, 0.4) is 0 Å². The van der Waals surface area contributed by atoms with E-state index in [2.05, 4.69) is 5.32 Å². The predicted molar refractivity (Wildman–Crippen MR) is 54.4 cm³/mol. The Kier molecular flexibility index (Phi) is 3.56. The van der Waals surface area contributed by atoms with Gasteiger partial charge in [0.05, 0.1) is 17.5 Å². The summed E-state index contributed by atoms with van der Waals surface area (Å²) in [6.45, 7) is 1.43. The monoisotopic (exact) mass is 254 g/mol. The second kappa shape index (κ2) is 4.36. The van der Waals surface area contributed by atoms with Crippen molar-refractivity contribution in [3.05, 3.63) is 0 Å². The minimum Gasteiger partial charge on any atom is -0.333 e. The van der Waals surface area contributed by atoms with E-state index in [1.165, 1.54) is 6.92 Å². The molecule has 8 heteroatoms. The van der Waals surface area contributed by atoms with Crippen molar-refractivity contribution >= 4 is 33.4 Å². The fourth-order valence-corrected chi connectivity index (χ4v) is 2.43. The number of imide groups is 1. The summed E-state index contributed by atoms with van der Waals surface area (Å²) in [5.41, 5.74) is 0. The summed E-state index contributed by atoms with van der Waals surface area (Å²) in [4.78, 5) is 22.0. The molecule has 0 aliphatic carbocycles. The fourth-order valence-electron chi connectivity index (χ4n) is 1.08. The SMILES string of the molecule is CC(Cl)C(=O)NC(=O)NC1CS(=O)(=O)C1. The second-order valence-electron chi connectivity index (χ2n) is 3.35. The Morgan fingerprint density at radius 2 is 1.93 bits per heavy atom. The summed E-state index contributed by atoms with van der Waals surface area (Å²) in [6, 6.07) is -1.12. The van der Waals surface area contributed by atoms with Crippen LogP contribution >= 0.6 is 11.6 Å². The van der Waals surface area contributed by atoms with E-state index >= 15 is 0 Å². The highest BCUT2D eigenvalue weighted by Crippen LogP contribution is 2.09. The summed E-state index contributed by atoms with van der Waals surface area (Å²) < 4.78 is 21.5. The smallest absolute Gasteiger partial charge is 0.321 e. The van der Waals surface area contributed by atoms with Crippen molar-refractivity contribution in [2.75, 3.05) is 11.5 Å². The molecule has 1 atom stereocenters. The molecule has 1 aliphatic heterocycles. The standard InChI is InChI=1S/C7H11ClN2O4S/c1-4(8)6(11)10-7(12)9-5-2-15(13,14)3-5/h4-5H,2-3H2,1H3,(H2,9,10,11,12). The summed E-state index contributed by atoms with van der Waals surface area (Å²) in [7, 11) is -2.97. The number of hydrogen-bond acceptors (Lipinski definition) is 4. The zero-order valence-electron chi connectivity index (χ0n) is 7.99. The van der Waals surface area contributed by atoms with Crippen molar-refractivity contribution in [1.29, 1.82) is 0 Å². The van der Waals surface area contributed by atoms with Crippen molar-refractivity contribution in [3.63, 3.8) is 0 Å². The van der Waals surface area contributed by atoms with Crippen LogP contribution in [0.4, 0.5) is 4.79 Å². The lowest BCUT2D eigenvalue weighted by atomic mass is 10.4. The Labute approximate surface area is 92.3 Å². The Bertz CT molecular complexity index is 366. The molecule has 0 aromatic heterocycles. The third kappa shape index (κ3) is 3.67. The number of alkyl halides is 1. The molecule has 1 fully saturated rings. The summed E-state index contributed by atoms with van der Waals surface area (Å²) >= 11 is 5.41. The molecule has 1 unspecified atom stereocenters. The van der Waals surface area contributed by atoms with Gasteiger partial charge in [0.1, 0.15) is 5.38 Å². The quantitative estimate of drug-likeness (QED) is 0.634. The van der Waals surface area contributed by atoms with Crippen molar-refractivity contribution in [2.24, 2.45) is 0 Å². The molecule has 0 saturated carbocycles. The minimum atomic E-state index is -2.97. The van der Waals surface area contributed by atoms with Crippen molar-refractivity contribution in [3.8, 4) is 0 Å². The van der Waals surface area contributed by atoms with Crippen LogP contribution in [0.5, 0.6) is 0 Å². The van der Waals surface area contributed by atoms with E-state index in [9.17, 15) is 18.0 Å². The first-order valence-electron chi connectivity index (χ1n) is 4.26. The number of hydrogen-bond donors (Lipinski definition) is 2. The summed E-state index contributed by atoms with van der Waals surface area (Å²) in [5, 5.41) is 3.53. The zero-order valence-corrected chi connectivity index (χ0v) is 9.56. The molecule has 0 aromatic rings. The molecule has 0 aromatic carbocycles. The van der Waals surface area contributed by atoms with Gasteiger partial charge < -0.3 is 5.32 Å². The maximum Gasteiger partial charge on any atom is 0.321 e. The number of sulfone groups is 1. The summed E-state index contributed by atoms with van der Waals surface area (Å²) in [6.07, 6.45) is 0. The molecular weight excluding hydrogens is 244 g/mol. The lowest BCUT2D eigenvalue weighted by Crippen LogP contribution is -2.56. The van der Waals surface area contributed by atoms with E-state index in [0.717, 1.165) is 0 Å². The molecule has 0 spiro atoms. The van der Waals surface area contributed by atoms with Gasteiger partial charge in [-0.25, -0.2) is 13.2 Å². The van der Waals surface area contributed by atoms with Gasteiger partial charge >= 0.3 is 6.03 Å². The molecule has 0 bridgehead atoms. The number of rotatable bonds is 2. The van der Waals surface area contributed by atoms with Gasteiger partial charge in [-0.3, -0.25) is 10.1 Å². The van der Waals surface area contributed by atoms with Gasteiger partial charge in [-0.05, 0) is 6.92 Å². The highest BCUT2D eigenvalue weighted by atomic mass is 35.5. The van der Waals surface area contributed by atoms with Gasteiger partial charge in [0.25, 0.3) is 0 Å². The van der Waals surface area contributed by atoms with E-state index < -0.39 is 33.2 Å². The van der Waals surface area contributed by atoms with E-state index in [1.54, 1.807) is 0 Å². The highest BCUT2D eigenvalue weighted by Gasteiger charge is 2.34. The average Bonchev–Trinajstić information content (AvgIpc) is 1.99. The first-order chi connectivity index (χ1) is 6.80. The van der Waals surface area contributed by atoms with Gasteiger partial charge in [-0.1, -0.05) is 0 Å². The van der Waals surface area contributed by atoms with E-state index in [1.807, 2.05) is 5.32 Å². The van der Waals surface area contributed by atoms with Crippen LogP contribution in [-0.4, -0.2) is 43.3 Å². The normalized spacial score (nSPS) is 21.2. The third-order valence-electron chi connectivity index (χ3n) is 1.84. The van der Waals surface area contributed by atoms with Gasteiger partial charge in [-0.15, -0.1) is 11.6 Å². The first-order valence-corrected chi connectivity index (χ1v) is 6.52. The number of urea groups is 1. The number of nitrogens with one attached hydrogen (secondary N) is 2. The van der Waals surface area contributed by atoms with E-state index in [4.69, 9.17) is 11.6 Å². The lowest BCUT2D eigenvalue weighted by molar-refractivity contribution is -0.119. The fraction of sp³-hybridized carbons (Fsp3) is 0.714. The maximum atomic E-state index is 11.1. The number of carbonyl (C=O) groups is 2. The number of carbonyl (C=O) groups excluding carboxylic acids is 2. The number of amides is 3. The predicted octanol–water partition coefficient (Wildman–Crippen LogP) is -0.763. The van der Waals surface area contributed by atoms with Crippen LogP contribution in [0.15, 0.2) is 0 Å². The molecule has 3 amide bonds. The van der Waals surface area contributed by atoms with Gasteiger partial charge in [0.15, 0.2) is 9.84 Å². The molecule has 1 rings (SSSR count). The largest absolute Gasteiger partial charge is 0.333 e. The van der Waals surface area contributed by atoms with Crippen LogP contribution < -0.4 is 10.6 Å². The molecule has 86 valence electrons. The molecular formula is C7H11ClN2O4S. The molecule has 1 aliphatic rings. The van der Waals surface area contributed by atoms with Crippen molar-refractivity contribution in [2.45, 2.75) is 18.3 Å². The first kappa shape index (κ1) is 12.3. The average molecular weight is 255 g/mol. The minimum absolute atomic E-state index is 0.0783. The second-order valence-corrected chi connectivity index (χ2v) is 6.16. The molecule has 1 heterocycles. The topological polar surface area (TPSA) is 92.3 Å². The Hall–Kier alpha value is -0.820. The van der Waals surface area contributed by atoms with Crippen LogP contribution in [0.2, 0.25) is 0 Å². The Morgan fingerprint density at radius 1 is 1.40 bits per heavy atom. The lowest BCUT2D eigenvalue weighted by Gasteiger charge is -2.26. The molecule has 15 heavy (non-hydrogen) atoms. The molecule has 1 saturated heterocycles. The number of halogens is 1. The Balaban J connectivity index is 2.29. The van der Waals surface area contributed by atoms with Crippen LogP contribution in [0.1, 0.15) is 6.92 Å². The van der Waals surface area contributed by atoms with Gasteiger partial charge in [-0.2, -0.15) is 0 Å².